The second kappa shape index (κ2) is 11.7. The number of Topliss-reactive ketones (excluding diaryl/α,β-unsaturated/α-hetero) is 1. The first-order valence-corrected chi connectivity index (χ1v) is 11.0. The normalized spacial score (nSPS) is 11.8. The van der Waals surface area contributed by atoms with Crippen LogP contribution in [-0.2, 0) is 16.1 Å². The molecule has 0 radical (unpaired) electrons. The summed E-state index contributed by atoms with van der Waals surface area (Å²) in [6.45, 7) is 2.18. The van der Waals surface area contributed by atoms with E-state index >= 15 is 0 Å². The van der Waals surface area contributed by atoms with E-state index in [0.29, 0.717) is 31.4 Å². The summed E-state index contributed by atoms with van der Waals surface area (Å²) < 4.78 is 0. The number of carbonyl (C=O) groups excluding carboxylic acids is 3. The number of pyridine rings is 1. The first-order chi connectivity index (χ1) is 15.6. The van der Waals surface area contributed by atoms with Gasteiger partial charge in [-0.1, -0.05) is 38.0 Å². The van der Waals surface area contributed by atoms with Crippen molar-refractivity contribution in [2.45, 2.75) is 58.0 Å². The molecule has 0 aliphatic carbocycles. The monoisotopic (exact) mass is 435 g/mol. The van der Waals surface area contributed by atoms with Crippen molar-refractivity contribution in [2.24, 2.45) is 0 Å². The molecule has 1 aromatic carbocycles. The summed E-state index contributed by atoms with van der Waals surface area (Å²) in [5.74, 6) is -0.358. The molecule has 8 heteroatoms. The smallest absolute Gasteiger partial charge is 0.255 e. The van der Waals surface area contributed by atoms with E-state index in [1.807, 2.05) is 37.3 Å². The van der Waals surface area contributed by atoms with Gasteiger partial charge in [0.2, 0.25) is 5.91 Å². The van der Waals surface area contributed by atoms with Gasteiger partial charge in [0.25, 0.3) is 5.91 Å². The van der Waals surface area contributed by atoms with Crippen LogP contribution in [0.25, 0.3) is 10.9 Å². The number of hydrogen-bond donors (Lipinski definition) is 3. The summed E-state index contributed by atoms with van der Waals surface area (Å²) >= 11 is 0. The summed E-state index contributed by atoms with van der Waals surface area (Å²) in [6, 6.07) is 9.11. The molecule has 3 aromatic rings. The average Bonchev–Trinajstić information content (AvgIpc) is 3.36. The molecule has 0 bridgehead atoms. The number of rotatable bonds is 12. The number of H-pyrrole nitrogens is 1. The van der Waals surface area contributed by atoms with E-state index in [9.17, 15) is 14.4 Å². The Balaban J connectivity index is 1.57. The Bertz CT molecular complexity index is 1050. The van der Waals surface area contributed by atoms with Crippen LogP contribution in [0.3, 0.4) is 0 Å². The van der Waals surface area contributed by atoms with Crippen molar-refractivity contribution >= 4 is 28.5 Å². The van der Waals surface area contributed by atoms with E-state index < -0.39 is 6.04 Å². The van der Waals surface area contributed by atoms with Gasteiger partial charge in [-0.25, -0.2) is 0 Å². The lowest BCUT2D eigenvalue weighted by atomic mass is 10.0. The highest BCUT2D eigenvalue weighted by Crippen LogP contribution is 2.13. The van der Waals surface area contributed by atoms with E-state index in [1.54, 1.807) is 6.20 Å². The van der Waals surface area contributed by atoms with Crippen LogP contribution in [0.1, 0.15) is 61.4 Å². The number of benzene rings is 1. The molecule has 3 N–H and O–H groups in total. The van der Waals surface area contributed by atoms with Crippen molar-refractivity contribution < 1.29 is 14.4 Å². The lowest BCUT2D eigenvalue weighted by Crippen LogP contribution is -2.46. The van der Waals surface area contributed by atoms with Gasteiger partial charge < -0.3 is 10.6 Å². The van der Waals surface area contributed by atoms with Gasteiger partial charge in [0.1, 0.15) is 11.8 Å². The maximum Gasteiger partial charge on any atom is 0.255 e. The molecule has 2 aromatic heterocycles. The van der Waals surface area contributed by atoms with E-state index in [2.05, 4.69) is 25.8 Å². The predicted molar refractivity (Wildman–Crippen MR) is 122 cm³/mol. The van der Waals surface area contributed by atoms with Crippen molar-refractivity contribution in [1.82, 2.24) is 25.8 Å². The fraction of sp³-hybridized carbons (Fsp3) is 0.375. The molecule has 2 heterocycles. The third kappa shape index (κ3) is 6.73. The molecule has 0 aliphatic rings. The van der Waals surface area contributed by atoms with Crippen molar-refractivity contribution in [2.75, 3.05) is 0 Å². The second-order valence-electron chi connectivity index (χ2n) is 7.76. The maximum atomic E-state index is 12.9. The molecular weight excluding hydrogens is 406 g/mol. The number of carbonyl (C=O) groups is 3. The minimum Gasteiger partial charge on any atom is -0.350 e. The van der Waals surface area contributed by atoms with E-state index in [1.165, 1.54) is 12.4 Å². The summed E-state index contributed by atoms with van der Waals surface area (Å²) in [5, 5.41) is 13.1. The van der Waals surface area contributed by atoms with Crippen LogP contribution in [0, 0.1) is 0 Å². The number of para-hydroxylation sites is 1. The summed E-state index contributed by atoms with van der Waals surface area (Å²) in [4.78, 5) is 41.2. The van der Waals surface area contributed by atoms with Gasteiger partial charge in [0.15, 0.2) is 0 Å². The quantitative estimate of drug-likeness (QED) is 0.377. The predicted octanol–water partition coefficient (Wildman–Crippen LogP) is 3.30. The molecular formula is C24H29N5O3. The lowest BCUT2D eigenvalue weighted by molar-refractivity contribution is -0.123. The maximum absolute atomic E-state index is 12.9. The van der Waals surface area contributed by atoms with Gasteiger partial charge in [0, 0.05) is 37.2 Å². The molecule has 0 spiro atoms. The lowest BCUT2D eigenvalue weighted by Gasteiger charge is -2.18. The van der Waals surface area contributed by atoms with Crippen LogP contribution in [0.4, 0.5) is 0 Å². The SMILES string of the molecule is CCC(=O)CCCCC[C@H](NC(=O)c1cn[nH]c1)C(=O)NCc1cnc2ccccc2c1. The summed E-state index contributed by atoms with van der Waals surface area (Å²) in [5.41, 5.74) is 2.15. The topological polar surface area (TPSA) is 117 Å². The Morgan fingerprint density at radius 2 is 1.94 bits per heavy atom. The third-order valence-electron chi connectivity index (χ3n) is 5.34. The fourth-order valence-electron chi connectivity index (χ4n) is 3.44. The zero-order chi connectivity index (χ0) is 22.8. The molecule has 32 heavy (non-hydrogen) atoms. The minimum absolute atomic E-state index is 0.247. The Morgan fingerprint density at radius 3 is 2.72 bits per heavy atom. The molecule has 3 rings (SSSR count). The molecule has 0 aliphatic heterocycles. The van der Waals surface area contributed by atoms with Crippen LogP contribution in [0.5, 0.6) is 0 Å². The highest BCUT2D eigenvalue weighted by molar-refractivity contribution is 5.97. The Hall–Kier alpha value is -3.55. The van der Waals surface area contributed by atoms with Gasteiger partial charge in [-0.05, 0) is 30.5 Å². The number of amides is 2. The first-order valence-electron chi connectivity index (χ1n) is 11.0. The number of fused-ring (bicyclic) bond motifs is 1. The number of aromatic nitrogens is 3. The molecule has 1 atom stereocenters. The van der Waals surface area contributed by atoms with Crippen molar-refractivity contribution in [3.8, 4) is 0 Å². The van der Waals surface area contributed by atoms with Crippen LogP contribution >= 0.6 is 0 Å². The highest BCUT2D eigenvalue weighted by atomic mass is 16.2. The number of hydrogen-bond acceptors (Lipinski definition) is 5. The molecule has 8 nitrogen and oxygen atoms in total. The van der Waals surface area contributed by atoms with Gasteiger partial charge in [-0.15, -0.1) is 0 Å². The van der Waals surface area contributed by atoms with E-state index in [0.717, 1.165) is 35.7 Å². The average molecular weight is 436 g/mol. The second-order valence-corrected chi connectivity index (χ2v) is 7.76. The van der Waals surface area contributed by atoms with Crippen molar-refractivity contribution in [3.63, 3.8) is 0 Å². The zero-order valence-corrected chi connectivity index (χ0v) is 18.3. The molecule has 0 unspecified atom stereocenters. The number of ketones is 1. The third-order valence-corrected chi connectivity index (χ3v) is 5.34. The Kier molecular flexibility index (Phi) is 8.48. The summed E-state index contributed by atoms with van der Waals surface area (Å²) in [6.07, 6.45) is 8.60. The standard InChI is InChI=1S/C24H29N5O3/c1-2-20(30)9-4-3-5-11-22(29-23(31)19-15-27-28-16-19)24(32)26-14-17-12-18-8-6-7-10-21(18)25-13-17/h6-8,10,12-13,15-16,22H,2-5,9,11,14H2,1H3,(H,26,32)(H,27,28)(H,29,31)/t22-/m0/s1. The van der Waals surface area contributed by atoms with Gasteiger partial charge in [-0.2, -0.15) is 5.10 Å². The van der Waals surface area contributed by atoms with Crippen LogP contribution in [-0.4, -0.2) is 38.8 Å². The number of nitrogens with zero attached hydrogens (tertiary/aromatic N) is 2. The summed E-state index contributed by atoms with van der Waals surface area (Å²) in [7, 11) is 0. The van der Waals surface area contributed by atoms with Crippen molar-refractivity contribution in [1.29, 1.82) is 0 Å². The van der Waals surface area contributed by atoms with Gasteiger partial charge in [-0.3, -0.25) is 24.5 Å². The fourth-order valence-corrected chi connectivity index (χ4v) is 3.44. The zero-order valence-electron chi connectivity index (χ0n) is 18.3. The molecule has 0 fully saturated rings. The highest BCUT2D eigenvalue weighted by Gasteiger charge is 2.21. The van der Waals surface area contributed by atoms with Crippen LogP contribution in [0.2, 0.25) is 0 Å². The minimum atomic E-state index is -0.673. The largest absolute Gasteiger partial charge is 0.350 e. The van der Waals surface area contributed by atoms with Crippen LogP contribution < -0.4 is 10.6 Å². The van der Waals surface area contributed by atoms with Crippen LogP contribution in [0.15, 0.2) is 48.9 Å². The molecule has 0 saturated carbocycles. The number of aromatic amines is 1. The number of unbranched alkanes of at least 4 members (excludes halogenated alkanes) is 2. The van der Waals surface area contributed by atoms with Gasteiger partial charge in [0.05, 0.1) is 17.3 Å². The first kappa shape index (κ1) is 23.1. The van der Waals surface area contributed by atoms with Crippen molar-refractivity contribution in [3.05, 3.63) is 60.0 Å². The van der Waals surface area contributed by atoms with Gasteiger partial charge >= 0.3 is 0 Å². The van der Waals surface area contributed by atoms with E-state index in [-0.39, 0.29) is 17.6 Å². The van der Waals surface area contributed by atoms with E-state index in [4.69, 9.17) is 0 Å². The Labute approximate surface area is 187 Å². The Morgan fingerprint density at radius 1 is 1.09 bits per heavy atom. The molecule has 168 valence electrons. The molecule has 0 saturated heterocycles. The molecule has 2 amide bonds. The number of nitrogens with one attached hydrogen (secondary N) is 3.